The number of imidazole rings is 1. The second kappa shape index (κ2) is 7.93. The Hall–Kier alpha value is -1.99. The topological polar surface area (TPSA) is 92.4 Å². The largest absolute Gasteiger partial charge is 0.480 e. The summed E-state index contributed by atoms with van der Waals surface area (Å²) in [4.78, 5) is 27.7. The highest BCUT2D eigenvalue weighted by molar-refractivity contribution is 7.99. The van der Waals surface area contributed by atoms with E-state index < -0.39 is 17.4 Å². The lowest BCUT2D eigenvalue weighted by molar-refractivity contribution is -0.157. The minimum atomic E-state index is -2.10. The smallest absolute Gasteiger partial charge is 0.326 e. The summed E-state index contributed by atoms with van der Waals surface area (Å²) in [7, 11) is 0. The van der Waals surface area contributed by atoms with Crippen LogP contribution >= 0.6 is 23.4 Å². The van der Waals surface area contributed by atoms with E-state index in [2.05, 4.69) is 4.98 Å². The fraction of sp³-hybridized carbons (Fsp3) is 0.353. The minimum Gasteiger partial charge on any atom is -0.480 e. The molecule has 0 amide bonds. The van der Waals surface area contributed by atoms with E-state index in [0.29, 0.717) is 10.2 Å². The first kappa shape index (κ1) is 19.3. The first-order chi connectivity index (χ1) is 11.8. The van der Waals surface area contributed by atoms with Gasteiger partial charge in [-0.25, -0.2) is 4.98 Å². The van der Waals surface area contributed by atoms with Crippen molar-refractivity contribution in [1.29, 1.82) is 0 Å². The molecule has 0 aliphatic rings. The number of halogens is 1. The van der Waals surface area contributed by atoms with E-state index in [4.69, 9.17) is 11.6 Å². The molecule has 2 aromatic rings. The van der Waals surface area contributed by atoms with Gasteiger partial charge in [0.05, 0.1) is 18.4 Å². The highest BCUT2D eigenvalue weighted by atomic mass is 35.5. The Morgan fingerprint density at radius 3 is 2.48 bits per heavy atom. The zero-order valence-corrected chi connectivity index (χ0v) is 15.5. The Balaban J connectivity index is 2.58. The predicted molar refractivity (Wildman–Crippen MR) is 96.4 cm³/mol. The van der Waals surface area contributed by atoms with Gasteiger partial charge in [-0.3, -0.25) is 9.59 Å². The third-order valence-electron chi connectivity index (χ3n) is 3.91. The van der Waals surface area contributed by atoms with E-state index in [9.17, 15) is 19.8 Å². The molecule has 2 N–H and O–H groups in total. The molecule has 0 atom stereocenters. The molecular weight excluding hydrogens is 364 g/mol. The molecule has 0 fully saturated rings. The zero-order chi connectivity index (χ0) is 18.6. The second-order valence-electron chi connectivity index (χ2n) is 5.69. The van der Waals surface area contributed by atoms with Crippen molar-refractivity contribution in [3.8, 4) is 0 Å². The molecule has 0 aliphatic carbocycles. The van der Waals surface area contributed by atoms with Crippen LogP contribution in [-0.2, 0) is 21.5 Å². The molecule has 0 saturated heterocycles. The predicted octanol–water partition coefficient (Wildman–Crippen LogP) is 3.51. The Bertz CT molecular complexity index is 777. The van der Waals surface area contributed by atoms with Crippen molar-refractivity contribution in [2.24, 2.45) is 0 Å². The molecule has 6 nitrogen and oxygen atoms in total. The summed E-state index contributed by atoms with van der Waals surface area (Å²) >= 11 is 7.67. The molecular formula is C17H19ClN2O4S. The van der Waals surface area contributed by atoms with Crippen molar-refractivity contribution in [2.75, 3.05) is 5.75 Å². The molecule has 0 aliphatic heterocycles. The first-order valence-corrected chi connectivity index (χ1v) is 9.07. The van der Waals surface area contributed by atoms with Gasteiger partial charge < -0.3 is 14.8 Å². The maximum atomic E-state index is 11.7. The van der Waals surface area contributed by atoms with E-state index in [1.165, 1.54) is 24.9 Å². The van der Waals surface area contributed by atoms with Crippen molar-refractivity contribution in [3.63, 3.8) is 0 Å². The van der Waals surface area contributed by atoms with E-state index in [1.54, 1.807) is 16.7 Å². The molecule has 134 valence electrons. The number of aliphatic carboxylic acids is 2. The van der Waals surface area contributed by atoms with Crippen LogP contribution in [0.4, 0.5) is 0 Å². The summed E-state index contributed by atoms with van der Waals surface area (Å²) in [5, 5.41) is 20.2. The molecule has 0 radical (unpaired) electrons. The molecule has 25 heavy (non-hydrogen) atoms. The number of thioether (sulfide) groups is 1. The summed E-state index contributed by atoms with van der Waals surface area (Å²) in [5.74, 6) is -2.09. The quantitative estimate of drug-likeness (QED) is 0.536. The van der Waals surface area contributed by atoms with Crippen molar-refractivity contribution in [1.82, 2.24) is 9.55 Å². The fourth-order valence-corrected chi connectivity index (χ4v) is 3.35. The monoisotopic (exact) mass is 382 g/mol. The van der Waals surface area contributed by atoms with Gasteiger partial charge >= 0.3 is 11.9 Å². The average Bonchev–Trinajstić information content (AvgIpc) is 2.96. The Morgan fingerprint density at radius 1 is 1.28 bits per heavy atom. The summed E-state index contributed by atoms with van der Waals surface area (Å²) in [5.41, 5.74) is -1.22. The number of nitrogens with zero attached hydrogens (tertiary/aromatic N) is 2. The lowest BCUT2D eigenvalue weighted by atomic mass is 9.87. The Labute approximate surface area is 154 Å². The molecule has 1 aromatic heterocycles. The van der Waals surface area contributed by atoms with Crippen LogP contribution in [-0.4, -0.2) is 37.5 Å². The standard InChI is InChI=1S/C17H19ClN2O4S/c1-3-8-25-16-19-9-13(17(2,14(21)22)15(23)24)20(16)10-11-6-4-5-7-12(11)18/h4-7,9H,3,8,10H2,1-2H3,(H,21,22)(H,23,24). The Morgan fingerprint density at radius 2 is 1.92 bits per heavy atom. The van der Waals surface area contributed by atoms with Crippen LogP contribution in [0.3, 0.4) is 0 Å². The number of carboxylic acid groups (broad SMARTS) is 2. The normalized spacial score (nSPS) is 11.5. The van der Waals surface area contributed by atoms with Crippen molar-refractivity contribution < 1.29 is 19.8 Å². The van der Waals surface area contributed by atoms with Crippen molar-refractivity contribution in [2.45, 2.75) is 37.4 Å². The summed E-state index contributed by atoms with van der Waals surface area (Å²) in [6.45, 7) is 3.44. The van der Waals surface area contributed by atoms with E-state index in [1.807, 2.05) is 19.1 Å². The van der Waals surface area contributed by atoms with Crippen LogP contribution in [0.5, 0.6) is 0 Å². The van der Waals surface area contributed by atoms with E-state index >= 15 is 0 Å². The second-order valence-corrected chi connectivity index (χ2v) is 7.16. The number of aromatic nitrogens is 2. The minimum absolute atomic E-state index is 0.117. The van der Waals surface area contributed by atoms with Crippen molar-refractivity contribution >= 4 is 35.3 Å². The number of benzene rings is 1. The third kappa shape index (κ3) is 3.82. The molecule has 1 aromatic carbocycles. The molecule has 0 unspecified atom stereocenters. The lowest BCUT2D eigenvalue weighted by Crippen LogP contribution is -2.42. The maximum Gasteiger partial charge on any atom is 0.326 e. The summed E-state index contributed by atoms with van der Waals surface area (Å²) in [6.07, 6.45) is 2.24. The molecule has 2 rings (SSSR count). The van der Waals surface area contributed by atoms with Crippen molar-refractivity contribution in [3.05, 3.63) is 46.7 Å². The third-order valence-corrected chi connectivity index (χ3v) is 5.47. The number of rotatable bonds is 8. The van der Waals surface area contributed by atoms with Gasteiger partial charge in [-0.1, -0.05) is 48.5 Å². The summed E-state index contributed by atoms with van der Waals surface area (Å²) in [6, 6.07) is 7.18. The van der Waals surface area contributed by atoms with Crippen LogP contribution < -0.4 is 0 Å². The summed E-state index contributed by atoms with van der Waals surface area (Å²) < 4.78 is 1.63. The Kier molecular flexibility index (Phi) is 6.13. The average molecular weight is 383 g/mol. The van der Waals surface area contributed by atoms with Gasteiger partial charge in [-0.05, 0) is 25.0 Å². The van der Waals surface area contributed by atoms with Gasteiger partial charge in [0.15, 0.2) is 5.16 Å². The number of carbonyl (C=O) groups is 2. The van der Waals surface area contributed by atoms with Crippen LogP contribution in [0.15, 0.2) is 35.6 Å². The SMILES string of the molecule is CCCSc1ncc(C(C)(C(=O)O)C(=O)O)n1Cc1ccccc1Cl. The van der Waals surface area contributed by atoms with Gasteiger partial charge in [-0.2, -0.15) is 0 Å². The molecule has 8 heteroatoms. The van der Waals surface area contributed by atoms with E-state index in [0.717, 1.165) is 17.7 Å². The van der Waals surface area contributed by atoms with E-state index in [-0.39, 0.29) is 12.2 Å². The number of hydrogen-bond donors (Lipinski definition) is 2. The van der Waals surface area contributed by atoms with Gasteiger partial charge in [0.25, 0.3) is 0 Å². The van der Waals surface area contributed by atoms with Crippen LogP contribution in [0.1, 0.15) is 31.5 Å². The highest BCUT2D eigenvalue weighted by Crippen LogP contribution is 2.31. The van der Waals surface area contributed by atoms with Crippen LogP contribution in [0.25, 0.3) is 0 Å². The fourth-order valence-electron chi connectivity index (χ4n) is 2.33. The molecule has 1 heterocycles. The van der Waals surface area contributed by atoms with Crippen LogP contribution in [0, 0.1) is 0 Å². The molecule has 0 bridgehead atoms. The van der Waals surface area contributed by atoms with Gasteiger partial charge in [-0.15, -0.1) is 0 Å². The van der Waals surface area contributed by atoms with Crippen LogP contribution in [0.2, 0.25) is 5.02 Å². The molecule has 0 spiro atoms. The lowest BCUT2D eigenvalue weighted by Gasteiger charge is -2.22. The van der Waals surface area contributed by atoms with Gasteiger partial charge in [0, 0.05) is 10.8 Å². The molecule has 0 saturated carbocycles. The number of carboxylic acids is 2. The highest BCUT2D eigenvalue weighted by Gasteiger charge is 2.46. The van der Waals surface area contributed by atoms with Gasteiger partial charge in [0.1, 0.15) is 0 Å². The first-order valence-electron chi connectivity index (χ1n) is 7.71. The maximum absolute atomic E-state index is 11.7. The zero-order valence-electron chi connectivity index (χ0n) is 13.9. The number of hydrogen-bond acceptors (Lipinski definition) is 4. The van der Waals surface area contributed by atoms with Gasteiger partial charge in [0.2, 0.25) is 5.41 Å².